The van der Waals surface area contributed by atoms with Gasteiger partial charge >= 0.3 is 0 Å². The summed E-state index contributed by atoms with van der Waals surface area (Å²) in [5.41, 5.74) is 4.59. The van der Waals surface area contributed by atoms with Crippen molar-refractivity contribution < 1.29 is 4.79 Å². The number of halogens is 1. The molecule has 19 heavy (non-hydrogen) atoms. The first kappa shape index (κ1) is 14.2. The fourth-order valence-electron chi connectivity index (χ4n) is 1.90. The standard InChI is InChI=1S/C14H15BrN2OS/c1-9-14(19-8-16-9)7-17(3)13-6-11(15)4-5-12(13)10(2)18/h4-6,8H,7H2,1-3H3. The number of Topliss-reactive ketones (excluding diaryl/α,β-unsaturated/α-hetero) is 1. The highest BCUT2D eigenvalue weighted by molar-refractivity contribution is 9.10. The van der Waals surface area contributed by atoms with E-state index in [0.29, 0.717) is 0 Å². The Morgan fingerprint density at radius 1 is 1.47 bits per heavy atom. The van der Waals surface area contributed by atoms with E-state index in [1.165, 1.54) is 4.88 Å². The Bertz CT molecular complexity index is 609. The molecule has 0 aliphatic rings. The van der Waals surface area contributed by atoms with Gasteiger partial charge in [-0.05, 0) is 32.0 Å². The lowest BCUT2D eigenvalue weighted by atomic mass is 10.1. The fraction of sp³-hybridized carbons (Fsp3) is 0.286. The second-order valence-corrected chi connectivity index (χ2v) is 6.29. The molecule has 2 aromatic rings. The van der Waals surface area contributed by atoms with Gasteiger partial charge in [-0.15, -0.1) is 11.3 Å². The molecule has 1 aromatic carbocycles. The maximum atomic E-state index is 11.7. The molecule has 2 rings (SSSR count). The number of nitrogens with zero attached hydrogens (tertiary/aromatic N) is 2. The maximum absolute atomic E-state index is 11.7. The maximum Gasteiger partial charge on any atom is 0.161 e. The number of benzene rings is 1. The predicted molar refractivity (Wildman–Crippen MR) is 83.1 cm³/mol. The number of anilines is 1. The Hall–Kier alpha value is -1.20. The van der Waals surface area contributed by atoms with Gasteiger partial charge in [-0.3, -0.25) is 4.79 Å². The van der Waals surface area contributed by atoms with Crippen LogP contribution in [0.3, 0.4) is 0 Å². The molecule has 0 saturated carbocycles. The number of aromatic nitrogens is 1. The third-order valence-electron chi connectivity index (χ3n) is 2.98. The van der Waals surface area contributed by atoms with E-state index in [4.69, 9.17) is 0 Å². The molecule has 0 atom stereocenters. The van der Waals surface area contributed by atoms with Gasteiger partial charge in [0.25, 0.3) is 0 Å². The largest absolute Gasteiger partial charge is 0.369 e. The van der Waals surface area contributed by atoms with Gasteiger partial charge in [0.15, 0.2) is 5.78 Å². The quantitative estimate of drug-likeness (QED) is 0.788. The molecule has 1 aromatic heterocycles. The van der Waals surface area contributed by atoms with Gasteiger partial charge in [-0.1, -0.05) is 15.9 Å². The predicted octanol–water partition coefficient (Wildman–Crippen LogP) is 4.05. The smallest absolute Gasteiger partial charge is 0.161 e. The normalized spacial score (nSPS) is 10.5. The second kappa shape index (κ2) is 5.84. The molecular weight excluding hydrogens is 324 g/mol. The van der Waals surface area contributed by atoms with Gasteiger partial charge in [0.05, 0.1) is 17.7 Å². The number of hydrogen-bond donors (Lipinski definition) is 0. The van der Waals surface area contributed by atoms with E-state index in [1.54, 1.807) is 18.3 Å². The molecule has 1 heterocycles. The lowest BCUT2D eigenvalue weighted by Gasteiger charge is -2.21. The number of carbonyl (C=O) groups excluding carboxylic acids is 1. The molecule has 0 saturated heterocycles. The monoisotopic (exact) mass is 338 g/mol. The fourth-order valence-corrected chi connectivity index (χ4v) is 3.08. The molecule has 3 nitrogen and oxygen atoms in total. The first-order valence-corrected chi connectivity index (χ1v) is 7.57. The zero-order chi connectivity index (χ0) is 14.0. The average Bonchev–Trinajstić information content (AvgIpc) is 2.74. The van der Waals surface area contributed by atoms with E-state index >= 15 is 0 Å². The molecule has 0 amide bonds. The van der Waals surface area contributed by atoms with Crippen molar-refractivity contribution in [2.45, 2.75) is 20.4 Å². The summed E-state index contributed by atoms with van der Waals surface area (Å²) < 4.78 is 0.973. The second-order valence-electron chi connectivity index (χ2n) is 4.43. The van der Waals surface area contributed by atoms with Crippen LogP contribution in [0.4, 0.5) is 5.69 Å². The van der Waals surface area contributed by atoms with Crippen LogP contribution >= 0.6 is 27.3 Å². The minimum atomic E-state index is 0.0791. The van der Waals surface area contributed by atoms with Crippen molar-refractivity contribution in [2.75, 3.05) is 11.9 Å². The van der Waals surface area contributed by atoms with Crippen molar-refractivity contribution >= 4 is 38.7 Å². The zero-order valence-corrected chi connectivity index (χ0v) is 13.5. The summed E-state index contributed by atoms with van der Waals surface area (Å²) in [6.45, 7) is 4.36. The molecule has 0 bridgehead atoms. The van der Waals surface area contributed by atoms with Crippen molar-refractivity contribution in [1.29, 1.82) is 0 Å². The van der Waals surface area contributed by atoms with Gasteiger partial charge in [-0.2, -0.15) is 0 Å². The highest BCUT2D eigenvalue weighted by Crippen LogP contribution is 2.27. The number of carbonyl (C=O) groups is 1. The summed E-state index contributed by atoms with van der Waals surface area (Å²) in [5, 5.41) is 0. The molecule has 0 fully saturated rings. The van der Waals surface area contributed by atoms with Crippen LogP contribution in [0.15, 0.2) is 28.2 Å². The molecule has 0 aliphatic carbocycles. The summed E-state index contributed by atoms with van der Waals surface area (Å²) in [4.78, 5) is 19.3. The molecule has 100 valence electrons. The molecule has 0 unspecified atom stereocenters. The van der Waals surface area contributed by atoms with E-state index in [9.17, 15) is 4.79 Å². The summed E-state index contributed by atoms with van der Waals surface area (Å²) in [6, 6.07) is 5.73. The van der Waals surface area contributed by atoms with E-state index in [2.05, 4.69) is 25.8 Å². The van der Waals surface area contributed by atoms with Crippen LogP contribution < -0.4 is 4.90 Å². The van der Waals surface area contributed by atoms with E-state index in [1.807, 2.05) is 37.7 Å². The number of hydrogen-bond acceptors (Lipinski definition) is 4. The van der Waals surface area contributed by atoms with E-state index in [0.717, 1.165) is 28.0 Å². The third kappa shape index (κ3) is 3.22. The molecular formula is C14H15BrN2OS. The van der Waals surface area contributed by atoms with Crippen LogP contribution in [-0.2, 0) is 6.54 Å². The summed E-state index contributed by atoms with van der Waals surface area (Å²) in [5.74, 6) is 0.0791. The van der Waals surface area contributed by atoms with Gasteiger partial charge in [0, 0.05) is 27.6 Å². The van der Waals surface area contributed by atoms with Crippen molar-refractivity contribution in [3.63, 3.8) is 0 Å². The first-order chi connectivity index (χ1) is 8.99. The molecule has 0 spiro atoms. The Kier molecular flexibility index (Phi) is 4.37. The zero-order valence-electron chi connectivity index (χ0n) is 11.1. The SMILES string of the molecule is CC(=O)c1ccc(Br)cc1N(C)Cc1scnc1C. The minimum Gasteiger partial charge on any atom is -0.369 e. The Balaban J connectivity index is 2.32. The van der Waals surface area contributed by atoms with Gasteiger partial charge in [0.1, 0.15) is 0 Å². The lowest BCUT2D eigenvalue weighted by molar-refractivity contribution is 0.101. The highest BCUT2D eigenvalue weighted by atomic mass is 79.9. The van der Waals surface area contributed by atoms with E-state index < -0.39 is 0 Å². The number of aryl methyl sites for hydroxylation is 1. The number of thiazole rings is 1. The molecule has 0 N–H and O–H groups in total. The summed E-state index contributed by atoms with van der Waals surface area (Å²) in [6.07, 6.45) is 0. The van der Waals surface area contributed by atoms with Crippen LogP contribution in [0.2, 0.25) is 0 Å². The summed E-state index contributed by atoms with van der Waals surface area (Å²) >= 11 is 5.10. The third-order valence-corrected chi connectivity index (χ3v) is 4.39. The Labute approximate surface area is 125 Å². The van der Waals surface area contributed by atoms with Crippen molar-refractivity contribution in [1.82, 2.24) is 4.98 Å². The average molecular weight is 339 g/mol. The minimum absolute atomic E-state index is 0.0791. The number of rotatable bonds is 4. The molecule has 0 radical (unpaired) electrons. The highest BCUT2D eigenvalue weighted by Gasteiger charge is 2.13. The molecule has 5 heteroatoms. The van der Waals surface area contributed by atoms with E-state index in [-0.39, 0.29) is 5.78 Å². The van der Waals surface area contributed by atoms with Crippen molar-refractivity contribution in [3.05, 3.63) is 44.3 Å². The summed E-state index contributed by atoms with van der Waals surface area (Å²) in [7, 11) is 1.99. The van der Waals surface area contributed by atoms with Gasteiger partial charge in [0.2, 0.25) is 0 Å². The van der Waals surface area contributed by atoms with Crippen molar-refractivity contribution in [3.8, 4) is 0 Å². The Morgan fingerprint density at radius 2 is 2.21 bits per heavy atom. The first-order valence-electron chi connectivity index (χ1n) is 5.89. The molecule has 0 aliphatic heterocycles. The topological polar surface area (TPSA) is 33.2 Å². The van der Waals surface area contributed by atoms with Crippen LogP contribution in [0.1, 0.15) is 27.9 Å². The van der Waals surface area contributed by atoms with Crippen LogP contribution in [0.25, 0.3) is 0 Å². The number of ketones is 1. The van der Waals surface area contributed by atoms with Gasteiger partial charge in [-0.25, -0.2) is 4.98 Å². The van der Waals surface area contributed by atoms with Crippen LogP contribution in [0.5, 0.6) is 0 Å². The van der Waals surface area contributed by atoms with Crippen LogP contribution in [0, 0.1) is 6.92 Å². The Morgan fingerprint density at radius 3 is 2.79 bits per heavy atom. The van der Waals surface area contributed by atoms with Crippen molar-refractivity contribution in [2.24, 2.45) is 0 Å². The lowest BCUT2D eigenvalue weighted by Crippen LogP contribution is -2.19. The van der Waals surface area contributed by atoms with Gasteiger partial charge < -0.3 is 4.90 Å². The van der Waals surface area contributed by atoms with Crippen LogP contribution in [-0.4, -0.2) is 17.8 Å².